The van der Waals surface area contributed by atoms with Gasteiger partial charge >= 0.3 is 0 Å². The first-order chi connectivity index (χ1) is 7.04. The van der Waals surface area contributed by atoms with E-state index in [1.807, 2.05) is 18.2 Å². The van der Waals surface area contributed by atoms with Crippen LogP contribution < -0.4 is 10.5 Å². The van der Waals surface area contributed by atoms with Gasteiger partial charge in [0.05, 0.1) is 12.1 Å². The Kier molecular flexibility index (Phi) is 4.43. The highest BCUT2D eigenvalue weighted by atomic mass is 35.5. The van der Waals surface area contributed by atoms with Crippen molar-refractivity contribution in [3.05, 3.63) is 28.8 Å². The van der Waals surface area contributed by atoms with Gasteiger partial charge in [-0.15, -0.1) is 0 Å². The van der Waals surface area contributed by atoms with Gasteiger partial charge in [0.1, 0.15) is 5.75 Å². The number of rotatable bonds is 4. The van der Waals surface area contributed by atoms with Gasteiger partial charge in [0.25, 0.3) is 0 Å². The Balaban J connectivity index is 2.85. The molecule has 84 valence electrons. The Labute approximate surface area is 96.4 Å². The molecule has 0 heterocycles. The van der Waals surface area contributed by atoms with E-state index in [-0.39, 0.29) is 6.04 Å². The van der Waals surface area contributed by atoms with Crippen molar-refractivity contribution in [1.29, 1.82) is 0 Å². The summed E-state index contributed by atoms with van der Waals surface area (Å²) in [6.45, 7) is 4.32. The standard InChI is InChI=1S/C12H18ClNO/c1-8(2)6-11(14)9-4-5-10(13)12(7-9)15-3/h4-5,7-8,11H,6,14H2,1-3H3. The van der Waals surface area contributed by atoms with Crippen molar-refractivity contribution in [2.75, 3.05) is 7.11 Å². The van der Waals surface area contributed by atoms with E-state index in [2.05, 4.69) is 13.8 Å². The second-order valence-corrected chi connectivity index (χ2v) is 4.54. The van der Waals surface area contributed by atoms with Gasteiger partial charge in [-0.25, -0.2) is 0 Å². The van der Waals surface area contributed by atoms with Crippen LogP contribution in [0.25, 0.3) is 0 Å². The van der Waals surface area contributed by atoms with Crippen LogP contribution in [0.15, 0.2) is 18.2 Å². The zero-order valence-electron chi connectivity index (χ0n) is 9.46. The lowest BCUT2D eigenvalue weighted by molar-refractivity contribution is 0.413. The van der Waals surface area contributed by atoms with E-state index in [4.69, 9.17) is 22.1 Å². The van der Waals surface area contributed by atoms with E-state index < -0.39 is 0 Å². The third-order valence-corrected chi connectivity index (χ3v) is 2.64. The molecule has 0 aliphatic rings. The average Bonchev–Trinajstić information content (AvgIpc) is 2.17. The van der Waals surface area contributed by atoms with Crippen LogP contribution in [0.1, 0.15) is 31.9 Å². The highest BCUT2D eigenvalue weighted by molar-refractivity contribution is 6.32. The summed E-state index contributed by atoms with van der Waals surface area (Å²) in [6.07, 6.45) is 0.963. The normalized spacial score (nSPS) is 12.9. The molecule has 0 saturated carbocycles. The number of halogens is 1. The molecule has 0 bridgehead atoms. The van der Waals surface area contributed by atoms with E-state index in [0.29, 0.717) is 16.7 Å². The van der Waals surface area contributed by atoms with E-state index in [0.717, 1.165) is 12.0 Å². The average molecular weight is 228 g/mol. The molecule has 0 aliphatic carbocycles. The first-order valence-corrected chi connectivity index (χ1v) is 5.51. The summed E-state index contributed by atoms with van der Waals surface area (Å²) in [6, 6.07) is 5.75. The molecule has 2 nitrogen and oxygen atoms in total. The Bertz CT molecular complexity index is 325. The van der Waals surface area contributed by atoms with Crippen LogP contribution in [0.5, 0.6) is 5.75 Å². The Morgan fingerprint density at radius 1 is 1.40 bits per heavy atom. The van der Waals surface area contributed by atoms with E-state index >= 15 is 0 Å². The molecule has 1 unspecified atom stereocenters. The summed E-state index contributed by atoms with van der Waals surface area (Å²) in [5.41, 5.74) is 7.14. The molecule has 0 radical (unpaired) electrons. The summed E-state index contributed by atoms with van der Waals surface area (Å²) < 4.78 is 5.15. The van der Waals surface area contributed by atoms with Gasteiger partial charge in [-0.2, -0.15) is 0 Å². The smallest absolute Gasteiger partial charge is 0.137 e. The number of ether oxygens (including phenoxy) is 1. The fraction of sp³-hybridized carbons (Fsp3) is 0.500. The molecule has 3 heteroatoms. The highest BCUT2D eigenvalue weighted by Crippen LogP contribution is 2.28. The Morgan fingerprint density at radius 2 is 2.07 bits per heavy atom. The molecular weight excluding hydrogens is 210 g/mol. The van der Waals surface area contributed by atoms with Crippen molar-refractivity contribution in [2.45, 2.75) is 26.3 Å². The Hall–Kier alpha value is -0.730. The van der Waals surface area contributed by atoms with Crippen LogP contribution in [0.4, 0.5) is 0 Å². The van der Waals surface area contributed by atoms with Crippen molar-refractivity contribution in [3.8, 4) is 5.75 Å². The number of hydrogen-bond acceptors (Lipinski definition) is 2. The van der Waals surface area contributed by atoms with Crippen molar-refractivity contribution >= 4 is 11.6 Å². The first-order valence-electron chi connectivity index (χ1n) is 5.13. The summed E-state index contributed by atoms with van der Waals surface area (Å²) in [5.74, 6) is 1.27. The van der Waals surface area contributed by atoms with Gasteiger partial charge in [-0.1, -0.05) is 31.5 Å². The third kappa shape index (κ3) is 3.40. The van der Waals surface area contributed by atoms with Gasteiger partial charge in [0.2, 0.25) is 0 Å². The molecule has 1 rings (SSSR count). The molecule has 15 heavy (non-hydrogen) atoms. The SMILES string of the molecule is COc1cc(C(N)CC(C)C)ccc1Cl. The zero-order valence-corrected chi connectivity index (χ0v) is 10.2. The minimum Gasteiger partial charge on any atom is -0.495 e. The molecule has 0 amide bonds. The predicted molar refractivity (Wildman–Crippen MR) is 64.4 cm³/mol. The number of benzene rings is 1. The van der Waals surface area contributed by atoms with Crippen molar-refractivity contribution in [3.63, 3.8) is 0 Å². The molecule has 0 saturated heterocycles. The van der Waals surface area contributed by atoms with E-state index in [1.165, 1.54) is 0 Å². The van der Waals surface area contributed by atoms with Gasteiger partial charge in [0.15, 0.2) is 0 Å². The highest BCUT2D eigenvalue weighted by Gasteiger charge is 2.10. The fourth-order valence-corrected chi connectivity index (χ4v) is 1.75. The molecule has 1 atom stereocenters. The number of hydrogen-bond donors (Lipinski definition) is 1. The zero-order chi connectivity index (χ0) is 11.4. The number of nitrogens with two attached hydrogens (primary N) is 1. The van der Waals surface area contributed by atoms with Gasteiger partial charge in [0, 0.05) is 6.04 Å². The predicted octanol–water partition coefficient (Wildman–Crippen LogP) is 3.39. The molecule has 1 aromatic rings. The third-order valence-electron chi connectivity index (χ3n) is 2.33. The lowest BCUT2D eigenvalue weighted by Gasteiger charge is -2.15. The second-order valence-electron chi connectivity index (χ2n) is 4.13. The van der Waals surface area contributed by atoms with Crippen LogP contribution in [-0.2, 0) is 0 Å². The summed E-state index contributed by atoms with van der Waals surface area (Å²) in [5, 5.41) is 0.623. The Morgan fingerprint density at radius 3 is 2.60 bits per heavy atom. The molecule has 0 fully saturated rings. The monoisotopic (exact) mass is 227 g/mol. The summed E-state index contributed by atoms with van der Waals surface area (Å²) >= 11 is 5.94. The first kappa shape index (κ1) is 12.3. The molecule has 0 aromatic heterocycles. The van der Waals surface area contributed by atoms with E-state index in [9.17, 15) is 0 Å². The lowest BCUT2D eigenvalue weighted by atomic mass is 9.98. The van der Waals surface area contributed by atoms with Crippen LogP contribution in [0, 0.1) is 5.92 Å². The van der Waals surface area contributed by atoms with Crippen molar-refractivity contribution in [1.82, 2.24) is 0 Å². The van der Waals surface area contributed by atoms with Crippen molar-refractivity contribution in [2.24, 2.45) is 11.7 Å². The topological polar surface area (TPSA) is 35.2 Å². The molecule has 0 aliphatic heterocycles. The lowest BCUT2D eigenvalue weighted by Crippen LogP contribution is -2.12. The summed E-state index contributed by atoms with van der Waals surface area (Å²) in [4.78, 5) is 0. The molecule has 0 spiro atoms. The largest absolute Gasteiger partial charge is 0.495 e. The molecule has 2 N–H and O–H groups in total. The minimum atomic E-state index is 0.0520. The maximum absolute atomic E-state index is 6.07. The van der Waals surface area contributed by atoms with E-state index in [1.54, 1.807) is 7.11 Å². The second kappa shape index (κ2) is 5.38. The van der Waals surface area contributed by atoms with Crippen LogP contribution in [-0.4, -0.2) is 7.11 Å². The summed E-state index contributed by atoms with van der Waals surface area (Å²) in [7, 11) is 1.61. The maximum atomic E-state index is 6.07. The molecule has 1 aromatic carbocycles. The van der Waals surface area contributed by atoms with Crippen LogP contribution >= 0.6 is 11.6 Å². The number of methoxy groups -OCH3 is 1. The van der Waals surface area contributed by atoms with Crippen molar-refractivity contribution < 1.29 is 4.74 Å². The maximum Gasteiger partial charge on any atom is 0.137 e. The molecular formula is C12H18ClNO. The fourth-order valence-electron chi connectivity index (χ4n) is 1.55. The quantitative estimate of drug-likeness (QED) is 0.856. The minimum absolute atomic E-state index is 0.0520. The van der Waals surface area contributed by atoms with Gasteiger partial charge in [-0.3, -0.25) is 0 Å². The van der Waals surface area contributed by atoms with Gasteiger partial charge in [-0.05, 0) is 30.0 Å². The van der Waals surface area contributed by atoms with Crippen LogP contribution in [0.3, 0.4) is 0 Å². The van der Waals surface area contributed by atoms with Crippen LogP contribution in [0.2, 0.25) is 5.02 Å². The van der Waals surface area contributed by atoms with Gasteiger partial charge < -0.3 is 10.5 Å².